The number of aryl methyl sites for hydroxylation is 1. The van der Waals surface area contributed by atoms with E-state index >= 15 is 0 Å². The zero-order valence-corrected chi connectivity index (χ0v) is 12.8. The Hall–Kier alpha value is -1.39. The predicted octanol–water partition coefficient (Wildman–Crippen LogP) is 2.89. The molecule has 2 atom stereocenters. The number of nitrogens with two attached hydrogens (primary N) is 1. The van der Waals surface area contributed by atoms with Crippen molar-refractivity contribution < 1.29 is 4.74 Å². The molecular formula is C17H25N3O. The molecule has 0 aliphatic carbocycles. The Balaban J connectivity index is 1.83. The summed E-state index contributed by atoms with van der Waals surface area (Å²) in [6, 6.07) is 8.37. The van der Waals surface area contributed by atoms with Gasteiger partial charge in [-0.2, -0.15) is 0 Å². The van der Waals surface area contributed by atoms with Crippen LogP contribution in [-0.4, -0.2) is 28.3 Å². The molecule has 1 aromatic carbocycles. The minimum atomic E-state index is 0.0396. The van der Waals surface area contributed by atoms with Crippen molar-refractivity contribution >= 4 is 11.0 Å². The third-order valence-corrected chi connectivity index (χ3v) is 4.29. The minimum Gasteiger partial charge on any atom is -0.377 e. The Kier molecular flexibility index (Phi) is 4.56. The van der Waals surface area contributed by atoms with E-state index in [0.717, 1.165) is 50.2 Å². The van der Waals surface area contributed by atoms with Crippen molar-refractivity contribution in [3.8, 4) is 0 Å². The first-order valence-corrected chi connectivity index (χ1v) is 8.11. The van der Waals surface area contributed by atoms with Crippen molar-refractivity contribution in [3.63, 3.8) is 0 Å². The van der Waals surface area contributed by atoms with Crippen LogP contribution in [0.2, 0.25) is 0 Å². The predicted molar refractivity (Wildman–Crippen MR) is 85.3 cm³/mol. The lowest BCUT2D eigenvalue weighted by Crippen LogP contribution is -2.41. The second kappa shape index (κ2) is 6.58. The molecule has 0 radical (unpaired) electrons. The van der Waals surface area contributed by atoms with Crippen molar-refractivity contribution in [2.45, 2.75) is 57.7 Å². The molecule has 0 spiro atoms. The van der Waals surface area contributed by atoms with Gasteiger partial charge in [0, 0.05) is 25.6 Å². The molecule has 2 N–H and O–H groups in total. The number of rotatable bonds is 5. The Morgan fingerprint density at radius 2 is 2.24 bits per heavy atom. The molecule has 1 fully saturated rings. The highest BCUT2D eigenvalue weighted by atomic mass is 16.5. The van der Waals surface area contributed by atoms with E-state index in [0.29, 0.717) is 0 Å². The van der Waals surface area contributed by atoms with Crippen LogP contribution in [0.3, 0.4) is 0 Å². The van der Waals surface area contributed by atoms with Gasteiger partial charge >= 0.3 is 0 Å². The number of fused-ring (bicyclic) bond motifs is 1. The first-order chi connectivity index (χ1) is 10.3. The van der Waals surface area contributed by atoms with E-state index in [1.807, 2.05) is 6.07 Å². The fraction of sp³-hybridized carbons (Fsp3) is 0.588. The number of benzene rings is 1. The lowest BCUT2D eigenvalue weighted by molar-refractivity contribution is 0.000173. The van der Waals surface area contributed by atoms with Crippen molar-refractivity contribution in [3.05, 3.63) is 30.1 Å². The topological polar surface area (TPSA) is 53.1 Å². The molecule has 2 heterocycles. The lowest BCUT2D eigenvalue weighted by atomic mass is 10.00. The van der Waals surface area contributed by atoms with Crippen LogP contribution in [0.1, 0.15) is 38.4 Å². The first kappa shape index (κ1) is 14.5. The number of imidazole rings is 1. The largest absolute Gasteiger partial charge is 0.377 e. The monoisotopic (exact) mass is 287 g/mol. The zero-order chi connectivity index (χ0) is 14.7. The number of hydrogen-bond acceptors (Lipinski definition) is 3. The van der Waals surface area contributed by atoms with Crippen molar-refractivity contribution in [1.82, 2.24) is 9.55 Å². The molecule has 3 rings (SSSR count). The van der Waals surface area contributed by atoms with Gasteiger partial charge in [0.15, 0.2) is 0 Å². The lowest BCUT2D eigenvalue weighted by Gasteiger charge is -2.27. The Bertz CT molecular complexity index is 587. The van der Waals surface area contributed by atoms with Gasteiger partial charge in [-0.15, -0.1) is 0 Å². The van der Waals surface area contributed by atoms with Crippen molar-refractivity contribution in [2.75, 3.05) is 6.61 Å². The normalized spacial score (nSPS) is 20.8. The third-order valence-electron chi connectivity index (χ3n) is 4.29. The number of hydrogen-bond donors (Lipinski definition) is 1. The van der Waals surface area contributed by atoms with Crippen LogP contribution in [0.25, 0.3) is 11.0 Å². The molecule has 4 heteroatoms. The summed E-state index contributed by atoms with van der Waals surface area (Å²) in [6.45, 7) is 4.04. The number of aromatic nitrogens is 2. The smallest absolute Gasteiger partial charge is 0.111 e. The van der Waals surface area contributed by atoms with Gasteiger partial charge in [0.25, 0.3) is 0 Å². The quantitative estimate of drug-likeness (QED) is 0.920. The van der Waals surface area contributed by atoms with Crippen LogP contribution >= 0.6 is 0 Å². The maximum Gasteiger partial charge on any atom is 0.111 e. The highest BCUT2D eigenvalue weighted by Crippen LogP contribution is 2.21. The van der Waals surface area contributed by atoms with Gasteiger partial charge in [-0.1, -0.05) is 19.1 Å². The second-order valence-corrected chi connectivity index (χ2v) is 5.94. The van der Waals surface area contributed by atoms with Crippen LogP contribution < -0.4 is 5.73 Å². The van der Waals surface area contributed by atoms with Gasteiger partial charge in [0.05, 0.1) is 17.1 Å². The first-order valence-electron chi connectivity index (χ1n) is 8.11. The molecular weight excluding hydrogens is 262 g/mol. The van der Waals surface area contributed by atoms with Crippen LogP contribution in [0.5, 0.6) is 0 Å². The van der Waals surface area contributed by atoms with E-state index in [2.05, 4.69) is 29.7 Å². The Morgan fingerprint density at radius 3 is 3.00 bits per heavy atom. The molecule has 21 heavy (non-hydrogen) atoms. The van der Waals surface area contributed by atoms with Gasteiger partial charge < -0.3 is 15.0 Å². The zero-order valence-electron chi connectivity index (χ0n) is 12.8. The highest BCUT2D eigenvalue weighted by Gasteiger charge is 2.23. The molecule has 114 valence electrons. The summed E-state index contributed by atoms with van der Waals surface area (Å²) >= 11 is 0. The fourth-order valence-corrected chi connectivity index (χ4v) is 3.20. The molecule has 0 saturated carbocycles. The number of nitrogens with zero attached hydrogens (tertiary/aromatic N) is 2. The van der Waals surface area contributed by atoms with E-state index in [4.69, 9.17) is 15.5 Å². The highest BCUT2D eigenvalue weighted by molar-refractivity contribution is 5.75. The molecule has 0 amide bonds. The minimum absolute atomic E-state index is 0.0396. The van der Waals surface area contributed by atoms with Crippen LogP contribution in [0.15, 0.2) is 24.3 Å². The summed E-state index contributed by atoms with van der Waals surface area (Å²) in [4.78, 5) is 4.79. The van der Waals surface area contributed by atoms with E-state index in [1.54, 1.807) is 0 Å². The average molecular weight is 287 g/mol. The summed E-state index contributed by atoms with van der Waals surface area (Å²) in [6.07, 6.45) is 5.55. The molecule has 1 aromatic heterocycles. The summed E-state index contributed by atoms with van der Waals surface area (Å²) < 4.78 is 8.14. The van der Waals surface area contributed by atoms with Gasteiger partial charge in [-0.25, -0.2) is 4.98 Å². The van der Waals surface area contributed by atoms with Gasteiger partial charge in [0.2, 0.25) is 0 Å². The van der Waals surface area contributed by atoms with Crippen LogP contribution in [0.4, 0.5) is 0 Å². The Labute approximate surface area is 126 Å². The maximum absolute atomic E-state index is 6.39. The maximum atomic E-state index is 6.39. The molecule has 0 bridgehead atoms. The van der Waals surface area contributed by atoms with Crippen molar-refractivity contribution in [1.29, 1.82) is 0 Å². The molecule has 1 saturated heterocycles. The van der Waals surface area contributed by atoms with E-state index in [-0.39, 0.29) is 12.1 Å². The Morgan fingerprint density at radius 1 is 1.38 bits per heavy atom. The van der Waals surface area contributed by atoms with Crippen LogP contribution in [-0.2, 0) is 17.7 Å². The van der Waals surface area contributed by atoms with E-state index in [1.165, 1.54) is 11.9 Å². The number of para-hydroxylation sites is 2. The van der Waals surface area contributed by atoms with Crippen molar-refractivity contribution in [2.24, 2.45) is 5.73 Å². The summed E-state index contributed by atoms with van der Waals surface area (Å²) in [5.41, 5.74) is 8.67. The molecule has 1 aliphatic rings. The van der Waals surface area contributed by atoms with Crippen LogP contribution in [0, 0.1) is 0 Å². The van der Waals surface area contributed by atoms with Gasteiger partial charge in [-0.05, 0) is 37.8 Å². The SMILES string of the molecule is CCCn1c(CC(N)C2CCCCO2)nc2ccccc21. The number of ether oxygens (including phenoxy) is 1. The molecule has 1 aliphatic heterocycles. The molecule has 4 nitrogen and oxygen atoms in total. The van der Waals surface area contributed by atoms with Gasteiger partial charge in [-0.3, -0.25) is 0 Å². The third kappa shape index (κ3) is 3.11. The average Bonchev–Trinajstić information content (AvgIpc) is 2.86. The molecule has 2 aromatic rings. The summed E-state index contributed by atoms with van der Waals surface area (Å²) in [5, 5.41) is 0. The van der Waals surface area contributed by atoms with Gasteiger partial charge in [0.1, 0.15) is 5.82 Å². The molecule has 2 unspecified atom stereocenters. The summed E-state index contributed by atoms with van der Waals surface area (Å²) in [7, 11) is 0. The van der Waals surface area contributed by atoms with E-state index in [9.17, 15) is 0 Å². The standard InChI is InChI=1S/C17H25N3O/c1-2-10-20-15-8-4-3-7-14(15)19-17(20)12-13(18)16-9-5-6-11-21-16/h3-4,7-8,13,16H,2,5-6,9-12,18H2,1H3. The fourth-order valence-electron chi connectivity index (χ4n) is 3.20. The summed E-state index contributed by atoms with van der Waals surface area (Å²) in [5.74, 6) is 1.10. The second-order valence-electron chi connectivity index (χ2n) is 5.94. The van der Waals surface area contributed by atoms with E-state index < -0.39 is 0 Å².